The third-order valence-electron chi connectivity index (χ3n) is 4.45. The van der Waals surface area contributed by atoms with E-state index in [0.717, 1.165) is 38.9 Å². The number of aryl methyl sites for hydroxylation is 2. The van der Waals surface area contributed by atoms with Gasteiger partial charge in [0, 0.05) is 16.5 Å². The van der Waals surface area contributed by atoms with Crippen molar-refractivity contribution in [1.29, 1.82) is 0 Å². The molecule has 0 aliphatic carbocycles. The first-order chi connectivity index (χ1) is 13.7. The van der Waals surface area contributed by atoms with Crippen LogP contribution in [0.3, 0.4) is 0 Å². The van der Waals surface area contributed by atoms with Crippen molar-refractivity contribution in [3.05, 3.63) is 50.9 Å². The van der Waals surface area contributed by atoms with Crippen molar-refractivity contribution in [2.45, 2.75) is 42.7 Å². The second-order valence-corrected chi connectivity index (χ2v) is 11.3. The molecule has 156 valence electrons. The Hall–Kier alpha value is -1.55. The average molecular weight is 472 g/mol. The highest BCUT2D eigenvalue weighted by Gasteiger charge is 2.26. The minimum absolute atomic E-state index is 0.0646. The van der Waals surface area contributed by atoms with Crippen molar-refractivity contribution >= 4 is 50.5 Å². The number of hydrogen-bond acceptors (Lipinski definition) is 6. The van der Waals surface area contributed by atoms with Crippen LogP contribution in [0.1, 0.15) is 29.0 Å². The number of hydrogen-bond donors (Lipinski definition) is 1. The van der Waals surface area contributed by atoms with Crippen molar-refractivity contribution in [2.75, 3.05) is 16.4 Å². The molecule has 1 N–H and O–H groups in total. The largest absolute Gasteiger partial charge is 0.354 e. The molecule has 0 saturated heterocycles. The summed E-state index contributed by atoms with van der Waals surface area (Å²) in [6.07, 6.45) is 1.84. The standard InChI is InChI=1S/C19H22ClN3O3S3/c1-12-6-8-15(9-7-12)29(25,26)22-17-16-18(27-11-5-4-10-20)28-14(3)13(2)23(16)19(24)21-17/h6-9H,4-5,10-11H2,1-3H3,(H,21,22,24). The van der Waals surface area contributed by atoms with Crippen LogP contribution >= 0.6 is 34.7 Å². The SMILES string of the molecule is Cc1ccc(S(=O)(=O)Nc2nc(=O)n3c(C)c(C)sc(SCCCCCl)c2-3)cc1. The summed E-state index contributed by atoms with van der Waals surface area (Å²) in [5, 5.41) is 0. The first-order valence-electron chi connectivity index (χ1n) is 9.05. The van der Waals surface area contributed by atoms with Crippen LogP contribution in [0.4, 0.5) is 5.82 Å². The van der Waals surface area contributed by atoms with Crippen molar-refractivity contribution in [3.8, 4) is 5.69 Å². The fourth-order valence-electron chi connectivity index (χ4n) is 2.75. The zero-order valence-electron chi connectivity index (χ0n) is 16.4. The number of nitrogens with zero attached hydrogens (tertiary/aromatic N) is 2. The monoisotopic (exact) mass is 471 g/mol. The fraction of sp³-hybridized carbons (Fsp3) is 0.368. The van der Waals surface area contributed by atoms with E-state index in [1.165, 1.54) is 28.0 Å². The van der Waals surface area contributed by atoms with Crippen LogP contribution in [0, 0.1) is 20.8 Å². The Bertz CT molecular complexity index is 1140. The number of halogens is 1. The molecule has 0 spiro atoms. The van der Waals surface area contributed by atoms with Crippen molar-refractivity contribution in [3.63, 3.8) is 0 Å². The molecule has 0 aromatic heterocycles. The molecule has 3 rings (SSSR count). The lowest BCUT2D eigenvalue weighted by Gasteiger charge is -2.16. The van der Waals surface area contributed by atoms with Gasteiger partial charge in [0.1, 0.15) is 5.69 Å². The van der Waals surface area contributed by atoms with Crippen molar-refractivity contribution in [1.82, 2.24) is 9.55 Å². The normalized spacial score (nSPS) is 11.9. The van der Waals surface area contributed by atoms with Crippen LogP contribution in [0.5, 0.6) is 0 Å². The van der Waals surface area contributed by atoms with Crippen LogP contribution in [0.2, 0.25) is 0 Å². The Balaban J connectivity index is 2.04. The maximum atomic E-state index is 12.8. The minimum atomic E-state index is -3.86. The number of anilines is 1. The zero-order chi connectivity index (χ0) is 21.2. The second kappa shape index (κ2) is 9.07. The van der Waals surface area contributed by atoms with Gasteiger partial charge in [-0.1, -0.05) is 17.7 Å². The van der Waals surface area contributed by atoms with E-state index >= 15 is 0 Å². The second-order valence-electron chi connectivity index (χ2n) is 6.62. The van der Waals surface area contributed by atoms with Gasteiger partial charge in [0.2, 0.25) is 0 Å². The lowest BCUT2D eigenvalue weighted by Crippen LogP contribution is -2.17. The molecule has 2 heterocycles. The van der Waals surface area contributed by atoms with E-state index in [9.17, 15) is 13.2 Å². The zero-order valence-corrected chi connectivity index (χ0v) is 19.6. The highest BCUT2D eigenvalue weighted by molar-refractivity contribution is 8.01. The van der Waals surface area contributed by atoms with Gasteiger partial charge in [-0.2, -0.15) is 4.98 Å². The Morgan fingerprint density at radius 1 is 1.17 bits per heavy atom. The molecule has 0 unspecified atom stereocenters. The van der Waals surface area contributed by atoms with E-state index < -0.39 is 15.7 Å². The molecule has 6 nitrogen and oxygen atoms in total. The minimum Gasteiger partial charge on any atom is -0.261 e. The van der Waals surface area contributed by atoms with Gasteiger partial charge >= 0.3 is 5.69 Å². The maximum absolute atomic E-state index is 12.8. The number of benzene rings is 1. The molecule has 2 aliphatic rings. The van der Waals surface area contributed by atoms with Crippen LogP contribution in [0.15, 0.2) is 38.2 Å². The third-order valence-corrected chi connectivity index (χ3v) is 8.61. The number of nitrogens with one attached hydrogen (secondary N) is 1. The molecule has 2 aliphatic heterocycles. The third kappa shape index (κ3) is 4.79. The van der Waals surface area contributed by atoms with Crippen LogP contribution in [0.25, 0.3) is 5.69 Å². The number of alkyl halides is 1. The van der Waals surface area contributed by atoms with Gasteiger partial charge in [0.05, 0.1) is 9.10 Å². The van der Waals surface area contributed by atoms with Crippen molar-refractivity contribution in [2.24, 2.45) is 0 Å². The van der Waals surface area contributed by atoms with E-state index in [0.29, 0.717) is 11.6 Å². The summed E-state index contributed by atoms with van der Waals surface area (Å²) in [5.41, 5.74) is 1.74. The first kappa shape index (κ1) is 22.1. The number of aromatic nitrogens is 2. The Morgan fingerprint density at radius 3 is 2.52 bits per heavy atom. The van der Waals surface area contributed by atoms with Gasteiger partial charge in [-0.25, -0.2) is 13.2 Å². The molecule has 10 heteroatoms. The number of rotatable bonds is 8. The lowest BCUT2D eigenvalue weighted by molar-refractivity contribution is 0.601. The Morgan fingerprint density at radius 2 is 1.86 bits per heavy atom. The Labute approximate surface area is 183 Å². The summed E-state index contributed by atoms with van der Waals surface area (Å²) in [5.74, 6) is 1.49. The lowest BCUT2D eigenvalue weighted by atomic mass is 10.2. The van der Waals surface area contributed by atoms with E-state index in [4.69, 9.17) is 11.6 Å². The van der Waals surface area contributed by atoms with E-state index in [-0.39, 0.29) is 10.7 Å². The van der Waals surface area contributed by atoms with Crippen molar-refractivity contribution < 1.29 is 8.42 Å². The molecular formula is C19H22ClN3O3S3. The van der Waals surface area contributed by atoms with Gasteiger partial charge in [-0.05, 0) is 51.5 Å². The quantitative estimate of drug-likeness (QED) is 0.295. The summed E-state index contributed by atoms with van der Waals surface area (Å²) < 4.78 is 30.6. The van der Waals surface area contributed by atoms with Crippen LogP contribution < -0.4 is 10.4 Å². The summed E-state index contributed by atoms with van der Waals surface area (Å²) >= 11 is 8.88. The molecule has 0 bridgehead atoms. The smallest absolute Gasteiger partial charge is 0.261 e. The summed E-state index contributed by atoms with van der Waals surface area (Å²) in [4.78, 5) is 17.7. The molecule has 0 atom stereocenters. The van der Waals surface area contributed by atoms with Gasteiger partial charge in [0.25, 0.3) is 10.0 Å². The molecule has 0 fully saturated rings. The number of thioether (sulfide) groups is 1. The number of fused-ring (bicyclic) bond motifs is 1. The van der Waals surface area contributed by atoms with E-state index in [1.54, 1.807) is 23.9 Å². The van der Waals surface area contributed by atoms with Gasteiger partial charge < -0.3 is 0 Å². The van der Waals surface area contributed by atoms with Gasteiger partial charge in [0.15, 0.2) is 5.82 Å². The van der Waals surface area contributed by atoms with E-state index in [2.05, 4.69) is 9.71 Å². The molecule has 0 amide bonds. The predicted molar refractivity (Wildman–Crippen MR) is 121 cm³/mol. The molecule has 29 heavy (non-hydrogen) atoms. The highest BCUT2D eigenvalue weighted by Crippen LogP contribution is 2.38. The summed E-state index contributed by atoms with van der Waals surface area (Å²) in [7, 11) is -3.86. The summed E-state index contributed by atoms with van der Waals surface area (Å²) in [6, 6.07) is 6.53. The topological polar surface area (TPSA) is 81.1 Å². The Kier molecular flexibility index (Phi) is 6.93. The van der Waals surface area contributed by atoms with Crippen LogP contribution in [-0.2, 0) is 10.0 Å². The summed E-state index contributed by atoms with van der Waals surface area (Å²) in [6.45, 7) is 5.66. The fourth-order valence-corrected chi connectivity index (χ4v) is 6.47. The number of unbranched alkanes of at least 4 members (excludes halogenated alkanes) is 1. The van der Waals surface area contributed by atoms with Gasteiger partial charge in [-0.15, -0.1) is 34.7 Å². The average Bonchev–Trinajstić information content (AvgIpc) is 2.98. The maximum Gasteiger partial charge on any atom is 0.354 e. The van der Waals surface area contributed by atoms with E-state index in [1.807, 2.05) is 20.8 Å². The molecule has 1 aromatic carbocycles. The highest BCUT2D eigenvalue weighted by atomic mass is 35.5. The molecule has 0 radical (unpaired) electrons. The predicted octanol–water partition coefficient (Wildman–Crippen LogP) is 4.57. The first-order valence-corrected chi connectivity index (χ1v) is 12.9. The van der Waals surface area contributed by atoms with Gasteiger partial charge in [-0.3, -0.25) is 9.29 Å². The van der Waals surface area contributed by atoms with Crippen LogP contribution in [-0.4, -0.2) is 29.6 Å². The molecule has 1 aromatic rings. The molecular weight excluding hydrogens is 450 g/mol. The molecule has 0 saturated carbocycles. The number of sulfonamides is 1. The number of imidazole rings is 1.